The van der Waals surface area contributed by atoms with Crippen LogP contribution in [-0.4, -0.2) is 54.3 Å². The quantitative estimate of drug-likeness (QED) is 0.872. The summed E-state index contributed by atoms with van der Waals surface area (Å²) in [5, 5.41) is 2.74. The Balaban J connectivity index is 1.45. The van der Waals surface area contributed by atoms with Crippen LogP contribution >= 0.6 is 0 Å². The highest BCUT2D eigenvalue weighted by atomic mass is 19.1. The molecule has 6 nitrogen and oxygen atoms in total. The van der Waals surface area contributed by atoms with Gasteiger partial charge in [0.25, 0.3) is 5.91 Å². The molecule has 0 atom stereocenters. The van der Waals surface area contributed by atoms with Crippen molar-refractivity contribution in [3.05, 3.63) is 58.8 Å². The first-order valence-electron chi connectivity index (χ1n) is 9.03. The lowest BCUT2D eigenvalue weighted by atomic mass is 10.2. The average Bonchev–Trinajstić information content (AvgIpc) is 2.99. The number of piperazine rings is 1. The number of rotatable bonds is 5. The van der Waals surface area contributed by atoms with E-state index in [0.717, 1.165) is 5.76 Å². The molecule has 1 aliphatic rings. The van der Waals surface area contributed by atoms with Crippen LogP contribution in [0, 0.1) is 19.7 Å². The monoisotopic (exact) mass is 373 g/mol. The number of hydrogen-bond acceptors (Lipinski definition) is 4. The molecule has 27 heavy (non-hydrogen) atoms. The summed E-state index contributed by atoms with van der Waals surface area (Å²) in [5.41, 5.74) is 1.07. The van der Waals surface area contributed by atoms with Crippen LogP contribution in [0.1, 0.15) is 27.4 Å². The highest BCUT2D eigenvalue weighted by Crippen LogP contribution is 2.17. The molecule has 2 heterocycles. The maximum Gasteiger partial charge on any atom is 0.257 e. The Morgan fingerprint density at radius 3 is 2.48 bits per heavy atom. The second-order valence-corrected chi connectivity index (χ2v) is 6.76. The zero-order valence-corrected chi connectivity index (χ0v) is 15.6. The third kappa shape index (κ3) is 4.74. The minimum absolute atomic E-state index is 0.0343. The van der Waals surface area contributed by atoms with Crippen LogP contribution in [0.3, 0.4) is 0 Å². The topological polar surface area (TPSA) is 65.8 Å². The molecule has 2 aromatic rings. The lowest BCUT2D eigenvalue weighted by molar-refractivity contribution is -0.122. The van der Waals surface area contributed by atoms with Crippen LogP contribution in [0.5, 0.6) is 0 Å². The van der Waals surface area contributed by atoms with Crippen molar-refractivity contribution in [1.29, 1.82) is 0 Å². The number of carbonyl (C=O) groups is 2. The van der Waals surface area contributed by atoms with Crippen molar-refractivity contribution >= 4 is 11.8 Å². The fraction of sp³-hybridized carbons (Fsp3) is 0.400. The van der Waals surface area contributed by atoms with Gasteiger partial charge in [0.1, 0.15) is 17.3 Å². The van der Waals surface area contributed by atoms with Gasteiger partial charge in [-0.2, -0.15) is 0 Å². The zero-order valence-electron chi connectivity index (χ0n) is 15.6. The lowest BCUT2D eigenvalue weighted by Gasteiger charge is -2.34. The molecule has 0 unspecified atom stereocenters. The van der Waals surface area contributed by atoms with Crippen molar-refractivity contribution in [3.8, 4) is 0 Å². The fourth-order valence-electron chi connectivity index (χ4n) is 3.22. The molecule has 1 saturated heterocycles. The van der Waals surface area contributed by atoms with E-state index in [0.29, 0.717) is 43.1 Å². The molecule has 144 valence electrons. The van der Waals surface area contributed by atoms with Crippen LogP contribution < -0.4 is 5.32 Å². The number of amides is 2. The van der Waals surface area contributed by atoms with E-state index in [1.165, 1.54) is 6.07 Å². The highest BCUT2D eigenvalue weighted by molar-refractivity contribution is 5.95. The fourth-order valence-corrected chi connectivity index (χ4v) is 3.22. The summed E-state index contributed by atoms with van der Waals surface area (Å²) >= 11 is 0. The minimum Gasteiger partial charge on any atom is -0.466 e. The first-order chi connectivity index (χ1) is 12.9. The van der Waals surface area contributed by atoms with Gasteiger partial charge in [0, 0.05) is 38.3 Å². The van der Waals surface area contributed by atoms with Crippen molar-refractivity contribution in [2.24, 2.45) is 0 Å². The van der Waals surface area contributed by atoms with E-state index >= 15 is 0 Å². The Bertz CT molecular complexity index is 826. The predicted octanol–water partition coefficient (Wildman–Crippen LogP) is 2.11. The Morgan fingerprint density at radius 1 is 1.15 bits per heavy atom. The van der Waals surface area contributed by atoms with Crippen LogP contribution in [0.2, 0.25) is 0 Å². The number of aryl methyl sites for hydroxylation is 2. The number of nitrogens with one attached hydrogen (secondary N) is 1. The van der Waals surface area contributed by atoms with Gasteiger partial charge in [-0.05, 0) is 26.0 Å². The van der Waals surface area contributed by atoms with Crippen molar-refractivity contribution in [2.75, 3.05) is 32.7 Å². The molecule has 7 heteroatoms. The molecular weight excluding hydrogens is 349 g/mol. The van der Waals surface area contributed by atoms with Crippen molar-refractivity contribution in [3.63, 3.8) is 0 Å². The number of benzene rings is 1. The van der Waals surface area contributed by atoms with E-state index in [1.54, 1.807) is 36.1 Å². The Labute approximate surface area is 157 Å². The summed E-state index contributed by atoms with van der Waals surface area (Å²) in [6.07, 6.45) is 0. The predicted molar refractivity (Wildman–Crippen MR) is 98.8 cm³/mol. The minimum atomic E-state index is -0.324. The van der Waals surface area contributed by atoms with Gasteiger partial charge in [-0.25, -0.2) is 4.39 Å². The van der Waals surface area contributed by atoms with Gasteiger partial charge in [0.2, 0.25) is 5.91 Å². The second kappa shape index (κ2) is 8.35. The molecule has 1 aliphatic heterocycles. The van der Waals surface area contributed by atoms with Gasteiger partial charge in [-0.1, -0.05) is 18.2 Å². The van der Waals surface area contributed by atoms with E-state index in [2.05, 4.69) is 5.32 Å². The second-order valence-electron chi connectivity index (χ2n) is 6.76. The van der Waals surface area contributed by atoms with E-state index < -0.39 is 0 Å². The summed E-state index contributed by atoms with van der Waals surface area (Å²) in [6.45, 7) is 6.37. The summed E-state index contributed by atoms with van der Waals surface area (Å²) < 4.78 is 19.0. The third-order valence-corrected chi connectivity index (χ3v) is 4.73. The molecule has 1 aromatic carbocycles. The molecule has 1 aromatic heterocycles. The maximum absolute atomic E-state index is 13.6. The molecule has 1 fully saturated rings. The Kier molecular flexibility index (Phi) is 5.91. The van der Waals surface area contributed by atoms with Crippen molar-refractivity contribution < 1.29 is 18.4 Å². The summed E-state index contributed by atoms with van der Waals surface area (Å²) in [5.74, 6) is 0.843. The van der Waals surface area contributed by atoms with Gasteiger partial charge in [-0.15, -0.1) is 0 Å². The summed E-state index contributed by atoms with van der Waals surface area (Å²) in [7, 11) is 0. The van der Waals surface area contributed by atoms with Gasteiger partial charge < -0.3 is 14.6 Å². The van der Waals surface area contributed by atoms with E-state index in [4.69, 9.17) is 4.42 Å². The SMILES string of the molecule is Cc1cc(C(=O)N2CCN(CC(=O)NCc3ccccc3F)CC2)c(C)o1. The summed E-state index contributed by atoms with van der Waals surface area (Å²) in [4.78, 5) is 28.5. The zero-order chi connectivity index (χ0) is 19.4. The molecule has 0 spiro atoms. The lowest BCUT2D eigenvalue weighted by Crippen LogP contribution is -2.51. The number of halogens is 1. The number of carbonyl (C=O) groups excluding carboxylic acids is 2. The maximum atomic E-state index is 13.6. The first kappa shape index (κ1) is 19.1. The van der Waals surface area contributed by atoms with Crippen LogP contribution in [-0.2, 0) is 11.3 Å². The molecule has 0 aliphatic carbocycles. The molecule has 2 amide bonds. The number of nitrogens with zero attached hydrogens (tertiary/aromatic N) is 2. The van der Waals surface area contributed by atoms with Gasteiger partial charge in [0.05, 0.1) is 12.1 Å². The molecule has 3 rings (SSSR count). The Hall–Kier alpha value is -2.67. The smallest absolute Gasteiger partial charge is 0.257 e. The van der Waals surface area contributed by atoms with Crippen LogP contribution in [0.4, 0.5) is 4.39 Å². The van der Waals surface area contributed by atoms with Gasteiger partial charge in [0.15, 0.2) is 0 Å². The molecule has 0 radical (unpaired) electrons. The standard InChI is InChI=1S/C20H24FN3O3/c1-14-11-17(15(2)27-14)20(26)24-9-7-23(8-10-24)13-19(25)22-12-16-5-3-4-6-18(16)21/h3-6,11H,7-10,12-13H2,1-2H3,(H,22,25). The van der Waals surface area contributed by atoms with Crippen LogP contribution in [0.15, 0.2) is 34.7 Å². The number of furan rings is 1. The molecule has 1 N–H and O–H groups in total. The van der Waals surface area contributed by atoms with Crippen LogP contribution in [0.25, 0.3) is 0 Å². The molecule has 0 saturated carbocycles. The van der Waals surface area contributed by atoms with Crippen molar-refractivity contribution in [1.82, 2.24) is 15.1 Å². The van der Waals surface area contributed by atoms with E-state index in [1.807, 2.05) is 11.8 Å². The van der Waals surface area contributed by atoms with E-state index in [9.17, 15) is 14.0 Å². The third-order valence-electron chi connectivity index (χ3n) is 4.73. The molecular formula is C20H24FN3O3. The largest absolute Gasteiger partial charge is 0.466 e. The normalized spacial score (nSPS) is 15.0. The van der Waals surface area contributed by atoms with Gasteiger partial charge in [-0.3, -0.25) is 14.5 Å². The Morgan fingerprint density at radius 2 is 1.85 bits per heavy atom. The van der Waals surface area contributed by atoms with Crippen molar-refractivity contribution in [2.45, 2.75) is 20.4 Å². The summed E-state index contributed by atoms with van der Waals surface area (Å²) in [6, 6.07) is 8.15. The highest BCUT2D eigenvalue weighted by Gasteiger charge is 2.25. The number of hydrogen-bond donors (Lipinski definition) is 1. The molecule has 0 bridgehead atoms. The van der Waals surface area contributed by atoms with E-state index in [-0.39, 0.29) is 30.7 Å². The van der Waals surface area contributed by atoms with Gasteiger partial charge >= 0.3 is 0 Å². The first-order valence-corrected chi connectivity index (χ1v) is 9.03. The average molecular weight is 373 g/mol.